The lowest BCUT2D eigenvalue weighted by Crippen LogP contribution is -2.56. The fourth-order valence-electron chi connectivity index (χ4n) is 4.74. The van der Waals surface area contributed by atoms with Crippen LogP contribution in [0.3, 0.4) is 0 Å². The molecule has 0 fully saturated rings. The fraction of sp³-hybridized carbons (Fsp3) is 0. The first-order valence-electron chi connectivity index (χ1n) is 10.5. The average Bonchev–Trinajstić information content (AvgIpc) is 3.42. The van der Waals surface area contributed by atoms with Gasteiger partial charge in [0.15, 0.2) is 0 Å². The summed E-state index contributed by atoms with van der Waals surface area (Å²) in [6.07, 6.45) is 3.52. The Morgan fingerprint density at radius 2 is 1.12 bits per heavy atom. The lowest BCUT2D eigenvalue weighted by Gasteiger charge is -2.31. The van der Waals surface area contributed by atoms with Gasteiger partial charge in [-0.25, -0.2) is 9.97 Å². The van der Waals surface area contributed by atoms with E-state index in [1.807, 2.05) is 48.5 Å². The van der Waals surface area contributed by atoms with E-state index in [4.69, 9.17) is 8.83 Å². The molecule has 6 aromatic rings. The van der Waals surface area contributed by atoms with Gasteiger partial charge in [-0.3, -0.25) is 0 Å². The van der Waals surface area contributed by atoms with Gasteiger partial charge in [0.1, 0.15) is 11.3 Å². The number of aromatic nitrogens is 2. The van der Waals surface area contributed by atoms with Gasteiger partial charge in [0.2, 0.25) is 11.4 Å². The molecule has 0 aliphatic carbocycles. The van der Waals surface area contributed by atoms with Gasteiger partial charge < -0.3 is 13.7 Å². The molecule has 0 saturated carbocycles. The number of pyridine rings is 2. The first-order valence-corrected chi connectivity index (χ1v) is 10.5. The van der Waals surface area contributed by atoms with Crippen molar-refractivity contribution < 1.29 is 8.83 Å². The Labute approximate surface area is 184 Å². The lowest BCUT2D eigenvalue weighted by molar-refractivity contribution is 0.623. The average molecular weight is 413 g/mol. The smallest absolute Gasteiger partial charge is 0.338 e. The Kier molecular flexibility index (Phi) is 3.58. The van der Waals surface area contributed by atoms with E-state index in [2.05, 4.69) is 51.3 Å². The largest absolute Gasteiger partial charge is 0.450 e. The predicted octanol–water partition coefficient (Wildman–Crippen LogP) is 4.27. The number of furan rings is 2. The molecule has 0 amide bonds. The molecular weight excluding hydrogens is 397 g/mol. The van der Waals surface area contributed by atoms with E-state index in [0.29, 0.717) is 11.4 Å². The highest BCUT2D eigenvalue weighted by atomic mass is 16.4. The van der Waals surface area contributed by atoms with Crippen molar-refractivity contribution in [1.29, 1.82) is 0 Å². The zero-order valence-corrected chi connectivity index (χ0v) is 17.0. The monoisotopic (exact) mass is 413 g/mol. The van der Waals surface area contributed by atoms with Crippen LogP contribution in [0.2, 0.25) is 0 Å². The maximum Gasteiger partial charge on any atom is 0.338 e. The highest BCUT2D eigenvalue weighted by Crippen LogP contribution is 2.43. The van der Waals surface area contributed by atoms with Crippen molar-refractivity contribution in [2.45, 2.75) is 0 Å². The minimum absolute atomic E-state index is 0.204. The molecule has 0 atom stereocenters. The van der Waals surface area contributed by atoms with E-state index in [1.165, 1.54) is 0 Å². The van der Waals surface area contributed by atoms with Crippen LogP contribution in [0.15, 0.2) is 106 Å². The number of nitrogens with zero attached hydrogens (tertiary/aromatic N) is 3. The molecule has 150 valence electrons. The molecule has 1 aliphatic heterocycles. The van der Waals surface area contributed by atoms with Gasteiger partial charge in [-0.15, -0.1) is 0 Å². The Morgan fingerprint density at radius 1 is 0.594 bits per heavy atom. The SMILES string of the molecule is c1ccc(B2c3oc4ncccc4c3N(c3ccccc3)c3c2oc2ncccc32)cc1. The molecule has 6 heteroatoms. The number of hydrogen-bond acceptors (Lipinski definition) is 5. The second-order valence-corrected chi connectivity index (χ2v) is 7.86. The molecule has 0 unspecified atom stereocenters. The standard InChI is InChI=1S/C26H16BN3O2/c1-3-9-17(10-4-1)27-23-21(19-13-7-15-28-25(19)31-23)30(18-11-5-2-6-12-18)22-20-14-8-16-29-26(20)32-24(22)27/h1-16H. The van der Waals surface area contributed by atoms with E-state index in [0.717, 1.165) is 44.6 Å². The van der Waals surface area contributed by atoms with Crippen LogP contribution in [0.1, 0.15) is 0 Å². The zero-order valence-electron chi connectivity index (χ0n) is 17.0. The molecule has 5 heterocycles. The number of hydrogen-bond donors (Lipinski definition) is 0. The summed E-state index contributed by atoms with van der Waals surface area (Å²) in [6, 6.07) is 28.6. The predicted molar refractivity (Wildman–Crippen MR) is 127 cm³/mol. The second-order valence-electron chi connectivity index (χ2n) is 7.86. The summed E-state index contributed by atoms with van der Waals surface area (Å²) in [5, 5.41) is 1.94. The minimum atomic E-state index is -0.204. The Morgan fingerprint density at radius 3 is 1.69 bits per heavy atom. The number of rotatable bonds is 2. The number of anilines is 3. The summed E-state index contributed by atoms with van der Waals surface area (Å²) < 4.78 is 12.9. The third kappa shape index (κ3) is 2.35. The summed E-state index contributed by atoms with van der Waals surface area (Å²) >= 11 is 0. The van der Waals surface area contributed by atoms with E-state index < -0.39 is 0 Å². The van der Waals surface area contributed by atoms with E-state index in [9.17, 15) is 0 Å². The summed E-state index contributed by atoms with van der Waals surface area (Å²) in [6.45, 7) is -0.204. The topological polar surface area (TPSA) is 55.3 Å². The molecule has 0 bridgehead atoms. The van der Waals surface area contributed by atoms with Gasteiger partial charge in [-0.05, 0) is 36.4 Å². The van der Waals surface area contributed by atoms with Crippen molar-refractivity contribution >= 4 is 62.8 Å². The summed E-state index contributed by atoms with van der Waals surface area (Å²) in [5.41, 5.74) is 6.99. The van der Waals surface area contributed by atoms with Crippen molar-refractivity contribution in [2.24, 2.45) is 0 Å². The molecule has 0 radical (unpaired) electrons. The summed E-state index contributed by atoms with van der Waals surface area (Å²) in [7, 11) is 0. The van der Waals surface area contributed by atoms with Crippen molar-refractivity contribution in [3.63, 3.8) is 0 Å². The van der Waals surface area contributed by atoms with E-state index in [1.54, 1.807) is 12.4 Å². The highest BCUT2D eigenvalue weighted by molar-refractivity contribution is 6.97. The first-order chi connectivity index (χ1) is 15.9. The molecule has 7 rings (SSSR count). The van der Waals surface area contributed by atoms with Crippen LogP contribution in [0.5, 0.6) is 0 Å². The van der Waals surface area contributed by atoms with Gasteiger partial charge in [-0.1, -0.05) is 54.0 Å². The molecule has 2 aromatic carbocycles. The molecule has 32 heavy (non-hydrogen) atoms. The molecular formula is C26H16BN3O2. The van der Waals surface area contributed by atoms with Crippen LogP contribution >= 0.6 is 0 Å². The number of benzene rings is 2. The Hall–Kier alpha value is -4.32. The van der Waals surface area contributed by atoms with Crippen LogP contribution in [-0.4, -0.2) is 16.7 Å². The van der Waals surface area contributed by atoms with Crippen LogP contribution in [0.25, 0.3) is 22.2 Å². The molecule has 0 saturated heterocycles. The normalized spacial score (nSPS) is 12.9. The Bertz CT molecular complexity index is 1510. The maximum atomic E-state index is 6.43. The zero-order chi connectivity index (χ0) is 21.1. The van der Waals surface area contributed by atoms with Crippen LogP contribution in [0, 0.1) is 0 Å². The second kappa shape index (κ2) is 6.59. The molecule has 0 N–H and O–H groups in total. The lowest BCUT2D eigenvalue weighted by atomic mass is 9.39. The van der Waals surface area contributed by atoms with Gasteiger partial charge in [-0.2, -0.15) is 0 Å². The van der Waals surface area contributed by atoms with Gasteiger partial charge in [0.05, 0.1) is 22.1 Å². The van der Waals surface area contributed by atoms with Gasteiger partial charge in [0.25, 0.3) is 0 Å². The number of para-hydroxylation sites is 1. The summed E-state index contributed by atoms with van der Waals surface area (Å²) in [5.74, 6) is 0. The summed E-state index contributed by atoms with van der Waals surface area (Å²) in [4.78, 5) is 11.3. The van der Waals surface area contributed by atoms with Crippen molar-refractivity contribution in [3.8, 4) is 0 Å². The molecule has 4 aromatic heterocycles. The van der Waals surface area contributed by atoms with Crippen molar-refractivity contribution in [2.75, 3.05) is 4.90 Å². The maximum absolute atomic E-state index is 6.43. The van der Waals surface area contributed by atoms with Crippen molar-refractivity contribution in [3.05, 3.63) is 97.3 Å². The first kappa shape index (κ1) is 17.4. The van der Waals surface area contributed by atoms with Crippen LogP contribution < -0.4 is 21.7 Å². The highest BCUT2D eigenvalue weighted by Gasteiger charge is 2.44. The number of fused-ring (bicyclic) bond motifs is 6. The van der Waals surface area contributed by atoms with Crippen LogP contribution in [0.4, 0.5) is 17.1 Å². The quantitative estimate of drug-likeness (QED) is 0.397. The van der Waals surface area contributed by atoms with Gasteiger partial charge in [0, 0.05) is 18.1 Å². The third-order valence-corrected chi connectivity index (χ3v) is 6.05. The Balaban J connectivity index is 1.65. The van der Waals surface area contributed by atoms with Crippen LogP contribution in [-0.2, 0) is 0 Å². The van der Waals surface area contributed by atoms with E-state index in [-0.39, 0.29) is 6.71 Å². The van der Waals surface area contributed by atoms with Gasteiger partial charge >= 0.3 is 6.71 Å². The fourth-order valence-corrected chi connectivity index (χ4v) is 4.74. The molecule has 5 nitrogen and oxygen atoms in total. The van der Waals surface area contributed by atoms with Crippen molar-refractivity contribution in [1.82, 2.24) is 9.97 Å². The molecule has 1 aliphatic rings. The molecule has 0 spiro atoms. The van der Waals surface area contributed by atoms with E-state index >= 15 is 0 Å². The third-order valence-electron chi connectivity index (χ3n) is 6.05. The minimum Gasteiger partial charge on any atom is -0.450 e.